The van der Waals surface area contributed by atoms with Gasteiger partial charge in [-0.2, -0.15) is 0 Å². The third-order valence-corrected chi connectivity index (χ3v) is 4.46. The first-order chi connectivity index (χ1) is 14.4. The van der Waals surface area contributed by atoms with Crippen LogP contribution in [0.15, 0.2) is 48.5 Å². The predicted octanol–water partition coefficient (Wildman–Crippen LogP) is 3.94. The maximum absolute atomic E-state index is 12.4. The Kier molecular flexibility index (Phi) is 9.15. The van der Waals surface area contributed by atoms with Crippen molar-refractivity contribution in [2.75, 3.05) is 11.9 Å². The van der Waals surface area contributed by atoms with E-state index in [1.807, 2.05) is 0 Å². The molecule has 0 unspecified atom stereocenters. The maximum atomic E-state index is 12.4. The van der Waals surface area contributed by atoms with Crippen molar-refractivity contribution < 1.29 is 19.1 Å². The summed E-state index contributed by atoms with van der Waals surface area (Å²) in [6.07, 6.45) is 0.716. The lowest BCUT2D eigenvalue weighted by atomic mass is 10.1. The van der Waals surface area contributed by atoms with Crippen LogP contribution >= 0.6 is 11.6 Å². The summed E-state index contributed by atoms with van der Waals surface area (Å²) in [5.74, 6) is -0.405. The Morgan fingerprint density at radius 1 is 0.933 bits per heavy atom. The number of carbonyl (C=O) groups excluding carboxylic acids is 3. The van der Waals surface area contributed by atoms with Gasteiger partial charge >= 0.3 is 0 Å². The van der Waals surface area contributed by atoms with E-state index in [4.69, 9.17) is 16.3 Å². The van der Waals surface area contributed by atoms with Gasteiger partial charge in [-0.3, -0.25) is 25.2 Å². The molecule has 160 valence electrons. The lowest BCUT2D eigenvalue weighted by Gasteiger charge is -2.13. The molecule has 0 aliphatic carbocycles. The van der Waals surface area contributed by atoms with Crippen LogP contribution in [0.3, 0.4) is 0 Å². The van der Waals surface area contributed by atoms with Gasteiger partial charge in [0.1, 0.15) is 5.75 Å². The molecule has 0 saturated carbocycles. The van der Waals surface area contributed by atoms with Crippen LogP contribution in [-0.4, -0.2) is 24.3 Å². The van der Waals surface area contributed by atoms with Crippen LogP contribution in [-0.2, 0) is 9.59 Å². The van der Waals surface area contributed by atoms with Crippen LogP contribution in [0.4, 0.5) is 5.69 Å². The number of anilines is 1. The molecule has 8 heteroatoms. The Morgan fingerprint density at radius 3 is 2.33 bits per heavy atom. The van der Waals surface area contributed by atoms with Crippen molar-refractivity contribution in [3.05, 3.63) is 59.1 Å². The molecule has 2 aromatic carbocycles. The van der Waals surface area contributed by atoms with E-state index in [9.17, 15) is 14.4 Å². The van der Waals surface area contributed by atoms with Crippen LogP contribution in [0, 0.1) is 5.92 Å². The smallest absolute Gasteiger partial charge is 0.273 e. The maximum Gasteiger partial charge on any atom is 0.273 e. The van der Waals surface area contributed by atoms with Crippen molar-refractivity contribution in [1.82, 2.24) is 10.9 Å². The van der Waals surface area contributed by atoms with Gasteiger partial charge < -0.3 is 10.1 Å². The molecule has 2 aromatic rings. The molecular weight excluding hydrogens is 406 g/mol. The average molecular weight is 432 g/mol. The summed E-state index contributed by atoms with van der Waals surface area (Å²) in [4.78, 5) is 36.3. The highest BCUT2D eigenvalue weighted by atomic mass is 35.5. The molecule has 0 aliphatic rings. The van der Waals surface area contributed by atoms with Crippen molar-refractivity contribution in [1.29, 1.82) is 0 Å². The third-order valence-electron chi connectivity index (χ3n) is 4.13. The summed E-state index contributed by atoms with van der Waals surface area (Å²) in [7, 11) is 0. The van der Waals surface area contributed by atoms with Crippen LogP contribution in [0.1, 0.15) is 43.5 Å². The molecule has 3 N–H and O–H groups in total. The summed E-state index contributed by atoms with van der Waals surface area (Å²) in [6.45, 7) is 4.67. The molecule has 3 amide bonds. The van der Waals surface area contributed by atoms with Gasteiger partial charge in [0.15, 0.2) is 0 Å². The number of nitrogens with one attached hydrogen (secondary N) is 3. The lowest BCUT2D eigenvalue weighted by molar-refractivity contribution is -0.124. The number of ether oxygens (including phenoxy) is 1. The zero-order valence-corrected chi connectivity index (χ0v) is 17.8. The van der Waals surface area contributed by atoms with Gasteiger partial charge in [-0.25, -0.2) is 0 Å². The third kappa shape index (κ3) is 7.75. The largest absolute Gasteiger partial charge is 0.493 e. The Morgan fingerprint density at radius 2 is 1.60 bits per heavy atom. The summed E-state index contributed by atoms with van der Waals surface area (Å²) >= 11 is 5.98. The molecule has 2 rings (SSSR count). The fourth-order valence-electron chi connectivity index (χ4n) is 2.44. The molecule has 0 heterocycles. The van der Waals surface area contributed by atoms with Gasteiger partial charge in [0, 0.05) is 12.8 Å². The zero-order valence-electron chi connectivity index (χ0n) is 17.0. The van der Waals surface area contributed by atoms with Gasteiger partial charge in [0.05, 0.1) is 22.9 Å². The number of rotatable bonds is 9. The number of halogens is 1. The van der Waals surface area contributed by atoms with E-state index in [-0.39, 0.29) is 18.7 Å². The van der Waals surface area contributed by atoms with Gasteiger partial charge in [0.2, 0.25) is 11.8 Å². The molecule has 30 heavy (non-hydrogen) atoms. The van der Waals surface area contributed by atoms with Gasteiger partial charge in [-0.15, -0.1) is 0 Å². The number of hydrogen-bond acceptors (Lipinski definition) is 4. The zero-order chi connectivity index (χ0) is 21.9. The SMILES string of the molecule is CC(C)CCOc1ccccc1C(=O)NNC(=O)CCC(=O)Nc1ccccc1Cl. The molecule has 0 bridgehead atoms. The highest BCUT2D eigenvalue weighted by molar-refractivity contribution is 6.33. The number of amides is 3. The van der Waals surface area contributed by atoms with Crippen LogP contribution < -0.4 is 20.9 Å². The first kappa shape index (κ1) is 23.2. The Balaban J connectivity index is 1.78. The summed E-state index contributed by atoms with van der Waals surface area (Å²) < 4.78 is 5.68. The Labute approximate surface area is 181 Å². The Bertz CT molecular complexity index is 886. The number of carbonyl (C=O) groups is 3. The van der Waals surface area contributed by atoms with E-state index < -0.39 is 11.8 Å². The van der Waals surface area contributed by atoms with Crippen molar-refractivity contribution in [2.45, 2.75) is 33.1 Å². The standard InChI is InChI=1S/C22H26ClN3O4/c1-15(2)13-14-30-19-10-6-3-7-16(19)22(29)26-25-21(28)12-11-20(27)24-18-9-5-4-8-17(18)23/h3-10,15H,11-14H2,1-2H3,(H,24,27)(H,25,28)(H,26,29). The fourth-order valence-corrected chi connectivity index (χ4v) is 2.63. The molecule has 0 fully saturated rings. The van der Waals surface area contributed by atoms with E-state index in [0.717, 1.165) is 6.42 Å². The quantitative estimate of drug-likeness (QED) is 0.524. The second-order valence-electron chi connectivity index (χ2n) is 7.06. The van der Waals surface area contributed by atoms with E-state index in [1.165, 1.54) is 0 Å². The summed E-state index contributed by atoms with van der Waals surface area (Å²) in [6, 6.07) is 13.6. The highest BCUT2D eigenvalue weighted by Gasteiger charge is 2.14. The fraction of sp³-hybridized carbons (Fsp3) is 0.318. The molecular formula is C22H26ClN3O4. The molecule has 0 spiro atoms. The van der Waals surface area contributed by atoms with E-state index in [0.29, 0.717) is 34.5 Å². The first-order valence-electron chi connectivity index (χ1n) is 9.72. The second-order valence-corrected chi connectivity index (χ2v) is 7.46. The van der Waals surface area contributed by atoms with Crippen LogP contribution in [0.5, 0.6) is 5.75 Å². The lowest BCUT2D eigenvalue weighted by Crippen LogP contribution is -2.42. The minimum Gasteiger partial charge on any atom is -0.493 e. The van der Waals surface area contributed by atoms with Crippen LogP contribution in [0.25, 0.3) is 0 Å². The van der Waals surface area contributed by atoms with Crippen molar-refractivity contribution >= 4 is 35.0 Å². The van der Waals surface area contributed by atoms with Crippen molar-refractivity contribution in [3.8, 4) is 5.75 Å². The first-order valence-corrected chi connectivity index (χ1v) is 10.1. The van der Waals surface area contributed by atoms with Crippen LogP contribution in [0.2, 0.25) is 5.02 Å². The van der Waals surface area contributed by atoms with Gasteiger partial charge in [0.25, 0.3) is 5.91 Å². The average Bonchev–Trinajstić information content (AvgIpc) is 2.72. The summed E-state index contributed by atoms with van der Waals surface area (Å²) in [5, 5.41) is 3.05. The molecule has 0 radical (unpaired) electrons. The Hall–Kier alpha value is -3.06. The van der Waals surface area contributed by atoms with E-state index in [1.54, 1.807) is 48.5 Å². The van der Waals surface area contributed by atoms with Gasteiger partial charge in [-0.05, 0) is 36.6 Å². The number of hydrazine groups is 1. The van der Waals surface area contributed by atoms with Crippen molar-refractivity contribution in [2.24, 2.45) is 5.92 Å². The highest BCUT2D eigenvalue weighted by Crippen LogP contribution is 2.21. The number of hydrogen-bond donors (Lipinski definition) is 3. The predicted molar refractivity (Wildman–Crippen MR) is 116 cm³/mol. The van der Waals surface area contributed by atoms with Gasteiger partial charge in [-0.1, -0.05) is 49.7 Å². The molecule has 0 atom stereocenters. The second kappa shape index (κ2) is 11.8. The normalized spacial score (nSPS) is 10.4. The minimum atomic E-state index is -0.496. The molecule has 7 nitrogen and oxygen atoms in total. The number of benzene rings is 2. The molecule has 0 aliphatic heterocycles. The molecule has 0 aromatic heterocycles. The van der Waals surface area contributed by atoms with E-state index >= 15 is 0 Å². The van der Waals surface area contributed by atoms with E-state index in [2.05, 4.69) is 30.0 Å². The minimum absolute atomic E-state index is 0.0537. The summed E-state index contributed by atoms with van der Waals surface area (Å²) in [5.41, 5.74) is 5.46. The topological polar surface area (TPSA) is 96.5 Å². The monoisotopic (exact) mass is 431 g/mol. The molecule has 0 saturated heterocycles. The van der Waals surface area contributed by atoms with Crippen molar-refractivity contribution in [3.63, 3.8) is 0 Å². The number of para-hydroxylation sites is 2.